The van der Waals surface area contributed by atoms with Crippen LogP contribution in [-0.4, -0.2) is 59.8 Å². The van der Waals surface area contributed by atoms with E-state index in [1.165, 1.54) is 5.56 Å². The smallest absolute Gasteiger partial charge is 0.290 e. The Morgan fingerprint density at radius 2 is 1.66 bits per heavy atom. The zero-order valence-corrected chi connectivity index (χ0v) is 19.4. The van der Waals surface area contributed by atoms with Gasteiger partial charge in [-0.05, 0) is 48.2 Å². The number of nitrogens with zero attached hydrogens (tertiary/aromatic N) is 2. The summed E-state index contributed by atoms with van der Waals surface area (Å²) in [5.74, 6) is 0.404. The molecule has 9 heteroatoms. The van der Waals surface area contributed by atoms with Crippen LogP contribution in [0.25, 0.3) is 0 Å². The zero-order chi connectivity index (χ0) is 23.6. The standard InChI is InChI=1S/C22H24Cl2F2N2O.CH2O2/c1-13-6-15(16-8-28(9-16)20-18(23)4-3-5-19(20)24)7-14(2)17(13)10-27-11-22(29,12-27)21(25)26;2-1-3/h3-7,16,21,29H,8-12H2,1-2H3;1H,(H,2,3). The Bertz CT molecular complexity index is 934. The number of aliphatic hydroxyl groups is 1. The number of hydrogen-bond acceptors (Lipinski definition) is 4. The molecule has 0 radical (unpaired) electrons. The maximum atomic E-state index is 12.8. The van der Waals surface area contributed by atoms with Crippen molar-refractivity contribution in [1.29, 1.82) is 0 Å². The second-order valence-corrected chi connectivity index (χ2v) is 9.27. The first-order valence-electron chi connectivity index (χ1n) is 10.2. The summed E-state index contributed by atoms with van der Waals surface area (Å²) in [6, 6.07) is 9.93. The predicted octanol–water partition coefficient (Wildman–Crippen LogP) is 4.73. The summed E-state index contributed by atoms with van der Waals surface area (Å²) >= 11 is 12.6. The lowest BCUT2D eigenvalue weighted by atomic mass is 9.86. The van der Waals surface area contributed by atoms with E-state index < -0.39 is 12.0 Å². The molecule has 0 amide bonds. The number of halogens is 4. The van der Waals surface area contributed by atoms with Crippen molar-refractivity contribution in [3.63, 3.8) is 0 Å². The highest BCUT2D eigenvalue weighted by atomic mass is 35.5. The number of rotatable bonds is 5. The summed E-state index contributed by atoms with van der Waals surface area (Å²) in [7, 11) is 0. The Morgan fingerprint density at radius 1 is 1.16 bits per heavy atom. The predicted molar refractivity (Wildman–Crippen MR) is 122 cm³/mol. The molecule has 0 aromatic heterocycles. The first kappa shape index (κ1) is 24.7. The molecule has 4 rings (SSSR count). The minimum atomic E-state index is -2.70. The van der Waals surface area contributed by atoms with Crippen LogP contribution in [0, 0.1) is 13.8 Å². The number of hydrogen-bond donors (Lipinski definition) is 2. The summed E-state index contributed by atoms with van der Waals surface area (Å²) in [6.07, 6.45) is -2.70. The number of β-amino-alcohol motifs (C(OH)–C–C–N with tert-alkyl or cyclic N) is 1. The Morgan fingerprint density at radius 3 is 2.12 bits per heavy atom. The highest BCUT2D eigenvalue weighted by Crippen LogP contribution is 2.40. The largest absolute Gasteiger partial charge is 0.483 e. The van der Waals surface area contributed by atoms with Crippen LogP contribution in [0.5, 0.6) is 0 Å². The molecule has 2 heterocycles. The van der Waals surface area contributed by atoms with Gasteiger partial charge in [0.25, 0.3) is 12.9 Å². The lowest BCUT2D eigenvalue weighted by Gasteiger charge is -2.46. The van der Waals surface area contributed by atoms with Crippen LogP contribution in [-0.2, 0) is 11.3 Å². The van der Waals surface area contributed by atoms with Crippen molar-refractivity contribution in [2.75, 3.05) is 31.1 Å². The minimum Gasteiger partial charge on any atom is -0.483 e. The van der Waals surface area contributed by atoms with Gasteiger partial charge in [-0.1, -0.05) is 41.4 Å². The Kier molecular flexibility index (Phi) is 7.65. The fourth-order valence-corrected chi connectivity index (χ4v) is 5.01. The Balaban J connectivity index is 0.000000913. The van der Waals surface area contributed by atoms with Gasteiger partial charge < -0.3 is 15.1 Å². The van der Waals surface area contributed by atoms with Gasteiger partial charge in [0.15, 0.2) is 5.60 Å². The minimum absolute atomic E-state index is 0.0154. The van der Waals surface area contributed by atoms with Crippen molar-refractivity contribution in [3.8, 4) is 0 Å². The molecular weight excluding hydrogens is 461 g/mol. The molecule has 0 unspecified atom stereocenters. The highest BCUT2D eigenvalue weighted by molar-refractivity contribution is 6.39. The van der Waals surface area contributed by atoms with E-state index in [1.807, 2.05) is 23.1 Å². The van der Waals surface area contributed by atoms with Crippen molar-refractivity contribution in [2.24, 2.45) is 0 Å². The second kappa shape index (κ2) is 9.91. The number of anilines is 1. The van der Waals surface area contributed by atoms with Crippen LogP contribution in [0.15, 0.2) is 30.3 Å². The number of carboxylic acid groups (broad SMARTS) is 1. The van der Waals surface area contributed by atoms with Gasteiger partial charge in [0, 0.05) is 38.6 Å². The van der Waals surface area contributed by atoms with Gasteiger partial charge in [-0.2, -0.15) is 0 Å². The third-order valence-corrected chi connectivity index (χ3v) is 6.72. The van der Waals surface area contributed by atoms with Crippen LogP contribution in [0.4, 0.5) is 14.5 Å². The molecule has 0 bridgehead atoms. The van der Waals surface area contributed by atoms with Crippen molar-refractivity contribution in [1.82, 2.24) is 4.90 Å². The molecule has 0 spiro atoms. The van der Waals surface area contributed by atoms with Gasteiger partial charge in [-0.25, -0.2) is 8.78 Å². The van der Waals surface area contributed by atoms with Crippen LogP contribution in [0.1, 0.15) is 28.2 Å². The number of alkyl halides is 2. The molecule has 2 saturated heterocycles. The maximum absolute atomic E-state index is 12.8. The highest BCUT2D eigenvalue weighted by Gasteiger charge is 2.48. The average molecular weight is 487 g/mol. The van der Waals surface area contributed by atoms with Gasteiger partial charge in [0.05, 0.1) is 15.7 Å². The van der Waals surface area contributed by atoms with Gasteiger partial charge in [-0.15, -0.1) is 0 Å². The number of aryl methyl sites for hydroxylation is 2. The van der Waals surface area contributed by atoms with Crippen LogP contribution in [0.2, 0.25) is 10.0 Å². The molecule has 2 N–H and O–H groups in total. The summed E-state index contributed by atoms with van der Waals surface area (Å²) < 4.78 is 25.7. The van der Waals surface area contributed by atoms with Gasteiger partial charge in [0.2, 0.25) is 0 Å². The summed E-state index contributed by atoms with van der Waals surface area (Å²) in [5, 5.41) is 18.0. The molecule has 0 aliphatic carbocycles. The lowest BCUT2D eigenvalue weighted by Crippen LogP contribution is -2.65. The normalized spacial score (nSPS) is 17.9. The molecule has 32 heavy (non-hydrogen) atoms. The fourth-order valence-electron chi connectivity index (χ4n) is 4.38. The van der Waals surface area contributed by atoms with E-state index in [0.717, 1.165) is 35.5 Å². The van der Waals surface area contributed by atoms with E-state index in [9.17, 15) is 13.9 Å². The fraction of sp³-hybridized carbons (Fsp3) is 0.435. The molecular formula is C23H26Cl2F2N2O3. The topological polar surface area (TPSA) is 64.0 Å². The van der Waals surface area contributed by atoms with E-state index >= 15 is 0 Å². The van der Waals surface area contributed by atoms with Crippen LogP contribution in [0.3, 0.4) is 0 Å². The quantitative estimate of drug-likeness (QED) is 0.598. The van der Waals surface area contributed by atoms with Gasteiger partial charge >= 0.3 is 0 Å². The molecule has 5 nitrogen and oxygen atoms in total. The van der Waals surface area contributed by atoms with Gasteiger partial charge in [-0.3, -0.25) is 9.69 Å². The average Bonchev–Trinajstić information content (AvgIpc) is 2.64. The lowest BCUT2D eigenvalue weighted by molar-refractivity contribution is -0.182. The number of likely N-dealkylation sites (tertiary alicyclic amines) is 1. The molecule has 2 fully saturated rings. The van der Waals surface area contributed by atoms with Crippen LogP contribution < -0.4 is 4.90 Å². The second-order valence-electron chi connectivity index (χ2n) is 8.46. The van der Waals surface area contributed by atoms with E-state index in [0.29, 0.717) is 22.5 Å². The molecule has 2 aromatic rings. The van der Waals surface area contributed by atoms with Crippen LogP contribution >= 0.6 is 23.2 Å². The maximum Gasteiger partial charge on any atom is 0.290 e. The molecule has 174 valence electrons. The number of carbonyl (C=O) groups is 1. The number of para-hydroxylation sites is 1. The van der Waals surface area contributed by atoms with E-state index in [2.05, 4.69) is 30.9 Å². The Hall–Kier alpha value is -1.93. The first-order valence-corrected chi connectivity index (χ1v) is 10.9. The van der Waals surface area contributed by atoms with E-state index in [-0.39, 0.29) is 19.6 Å². The van der Waals surface area contributed by atoms with Crippen molar-refractivity contribution in [2.45, 2.75) is 38.3 Å². The Labute approximate surface area is 196 Å². The monoisotopic (exact) mass is 486 g/mol. The molecule has 0 atom stereocenters. The summed E-state index contributed by atoms with van der Waals surface area (Å²) in [5.41, 5.74) is 3.77. The molecule has 2 aliphatic rings. The third kappa shape index (κ3) is 5.01. The number of benzene rings is 2. The van der Waals surface area contributed by atoms with Crippen molar-refractivity contribution in [3.05, 3.63) is 62.6 Å². The third-order valence-electron chi connectivity index (χ3n) is 6.11. The molecule has 2 aliphatic heterocycles. The SMILES string of the molecule is Cc1cc(C2CN(c3c(Cl)cccc3Cl)C2)cc(C)c1CN1CC(O)(C(F)F)C1.O=CO. The zero-order valence-electron chi connectivity index (χ0n) is 17.9. The van der Waals surface area contributed by atoms with Crippen molar-refractivity contribution >= 4 is 35.4 Å². The first-order chi connectivity index (χ1) is 15.1. The summed E-state index contributed by atoms with van der Waals surface area (Å²) in [4.78, 5) is 12.4. The van der Waals surface area contributed by atoms with E-state index in [4.69, 9.17) is 33.1 Å². The van der Waals surface area contributed by atoms with Crippen molar-refractivity contribution < 1.29 is 23.8 Å². The van der Waals surface area contributed by atoms with Gasteiger partial charge in [0.1, 0.15) is 0 Å². The van der Waals surface area contributed by atoms with E-state index in [1.54, 1.807) is 0 Å². The molecule has 2 aromatic carbocycles. The molecule has 0 saturated carbocycles. The summed E-state index contributed by atoms with van der Waals surface area (Å²) in [6.45, 7) is 6.20.